The molecule has 0 saturated carbocycles. The van der Waals surface area contributed by atoms with E-state index in [-0.39, 0.29) is 0 Å². The molecule has 0 aliphatic heterocycles. The maximum absolute atomic E-state index is 3.86. The monoisotopic (exact) mass is 165 g/mol. The molecule has 1 unspecified atom stereocenters. The van der Waals surface area contributed by atoms with Crippen LogP contribution in [0.2, 0.25) is 0 Å². The van der Waals surface area contributed by atoms with Crippen molar-refractivity contribution in [2.45, 2.75) is 25.9 Å². The van der Waals surface area contributed by atoms with Gasteiger partial charge in [0.2, 0.25) is 0 Å². The van der Waals surface area contributed by atoms with Crippen LogP contribution in [-0.2, 0) is 6.54 Å². The third kappa shape index (κ3) is 2.51. The zero-order valence-electron chi connectivity index (χ0n) is 7.38. The summed E-state index contributed by atoms with van der Waals surface area (Å²) in [5.74, 6) is 0. The van der Waals surface area contributed by atoms with Crippen LogP contribution >= 0.6 is 0 Å². The zero-order chi connectivity index (χ0) is 8.81. The molecule has 0 aromatic carbocycles. The minimum Gasteiger partial charge on any atom is -0.305 e. The molecule has 1 rings (SSSR count). The Morgan fingerprint density at radius 1 is 1.83 bits per heavy atom. The van der Waals surface area contributed by atoms with E-state index in [1.807, 2.05) is 12.1 Å². The highest BCUT2D eigenvalue weighted by Crippen LogP contribution is 1.95. The molecule has 0 radical (unpaired) electrons. The van der Waals surface area contributed by atoms with Gasteiger partial charge in [-0.2, -0.15) is 5.10 Å². The first-order valence-electron chi connectivity index (χ1n) is 4.21. The van der Waals surface area contributed by atoms with Gasteiger partial charge in [0.25, 0.3) is 0 Å². The average Bonchev–Trinajstić information content (AvgIpc) is 2.59. The molecule has 0 aliphatic rings. The number of rotatable bonds is 5. The lowest BCUT2D eigenvalue weighted by atomic mass is 10.2. The Labute approximate surface area is 72.9 Å². The lowest BCUT2D eigenvalue weighted by Crippen LogP contribution is -2.25. The summed E-state index contributed by atoms with van der Waals surface area (Å²) in [6, 6.07) is 2.36. The summed E-state index contributed by atoms with van der Waals surface area (Å²) < 4.78 is 0. The number of nitrogens with one attached hydrogen (secondary N) is 2. The second-order valence-electron chi connectivity index (χ2n) is 2.71. The van der Waals surface area contributed by atoms with E-state index in [1.54, 1.807) is 6.20 Å². The summed E-state index contributed by atoms with van der Waals surface area (Å²) in [5, 5.41) is 10.1. The second-order valence-corrected chi connectivity index (χ2v) is 2.71. The number of aromatic amines is 1. The SMILES string of the molecule is C=CC(CC)NCc1ccn[nH]1. The Balaban J connectivity index is 2.30. The molecule has 1 aromatic heterocycles. The van der Waals surface area contributed by atoms with Gasteiger partial charge in [-0.1, -0.05) is 13.0 Å². The first-order valence-corrected chi connectivity index (χ1v) is 4.21. The molecule has 0 aliphatic carbocycles. The van der Waals surface area contributed by atoms with Crippen molar-refractivity contribution in [1.29, 1.82) is 0 Å². The number of hydrogen-bond acceptors (Lipinski definition) is 2. The lowest BCUT2D eigenvalue weighted by molar-refractivity contribution is 0.571. The number of nitrogens with zero attached hydrogens (tertiary/aromatic N) is 1. The van der Waals surface area contributed by atoms with Crippen LogP contribution in [0.1, 0.15) is 19.0 Å². The highest BCUT2D eigenvalue weighted by Gasteiger charge is 1.99. The van der Waals surface area contributed by atoms with Crippen molar-refractivity contribution in [2.75, 3.05) is 0 Å². The van der Waals surface area contributed by atoms with Crippen molar-refractivity contribution in [3.05, 3.63) is 30.6 Å². The second kappa shape index (κ2) is 4.72. The fourth-order valence-corrected chi connectivity index (χ4v) is 1.02. The molecule has 0 bridgehead atoms. The predicted octanol–water partition coefficient (Wildman–Crippen LogP) is 1.46. The van der Waals surface area contributed by atoms with Crippen molar-refractivity contribution in [1.82, 2.24) is 15.5 Å². The molecule has 2 N–H and O–H groups in total. The van der Waals surface area contributed by atoms with Gasteiger partial charge in [0.15, 0.2) is 0 Å². The van der Waals surface area contributed by atoms with Gasteiger partial charge in [-0.3, -0.25) is 5.10 Å². The van der Waals surface area contributed by atoms with Crippen molar-refractivity contribution in [3.8, 4) is 0 Å². The highest BCUT2D eigenvalue weighted by molar-refractivity contribution is 4.98. The number of hydrogen-bond donors (Lipinski definition) is 2. The molecule has 12 heavy (non-hydrogen) atoms. The van der Waals surface area contributed by atoms with E-state index in [2.05, 4.69) is 29.0 Å². The Bertz CT molecular complexity index is 216. The molecule has 1 aromatic rings. The topological polar surface area (TPSA) is 40.7 Å². The van der Waals surface area contributed by atoms with Crippen LogP contribution in [0.5, 0.6) is 0 Å². The molecule has 3 heteroatoms. The lowest BCUT2D eigenvalue weighted by Gasteiger charge is -2.10. The maximum Gasteiger partial charge on any atom is 0.0490 e. The molecule has 3 nitrogen and oxygen atoms in total. The molecule has 1 atom stereocenters. The van der Waals surface area contributed by atoms with Gasteiger partial charge < -0.3 is 5.32 Å². The average molecular weight is 165 g/mol. The summed E-state index contributed by atoms with van der Waals surface area (Å²) >= 11 is 0. The number of H-pyrrole nitrogens is 1. The van der Waals surface area contributed by atoms with E-state index in [0.717, 1.165) is 18.7 Å². The standard InChI is InChI=1S/C9H15N3/c1-3-8(4-2)10-7-9-5-6-11-12-9/h3,5-6,8,10H,1,4,7H2,2H3,(H,11,12). The van der Waals surface area contributed by atoms with E-state index in [0.29, 0.717) is 6.04 Å². The van der Waals surface area contributed by atoms with E-state index in [4.69, 9.17) is 0 Å². The van der Waals surface area contributed by atoms with Gasteiger partial charge >= 0.3 is 0 Å². The van der Waals surface area contributed by atoms with E-state index < -0.39 is 0 Å². The summed E-state index contributed by atoms with van der Waals surface area (Å²) in [5.41, 5.74) is 1.11. The van der Waals surface area contributed by atoms with E-state index in [1.165, 1.54) is 0 Å². The van der Waals surface area contributed by atoms with Gasteiger partial charge in [0.05, 0.1) is 0 Å². The molecule has 0 amide bonds. The van der Waals surface area contributed by atoms with Crippen LogP contribution in [-0.4, -0.2) is 16.2 Å². The van der Waals surface area contributed by atoms with Gasteiger partial charge in [0.1, 0.15) is 0 Å². The third-order valence-corrected chi connectivity index (χ3v) is 1.84. The van der Waals surface area contributed by atoms with Gasteiger partial charge in [-0.25, -0.2) is 0 Å². The maximum atomic E-state index is 3.86. The summed E-state index contributed by atoms with van der Waals surface area (Å²) in [6.45, 7) is 6.70. The molecular formula is C9H15N3. The largest absolute Gasteiger partial charge is 0.305 e. The molecule has 1 heterocycles. The van der Waals surface area contributed by atoms with E-state index >= 15 is 0 Å². The normalized spacial score (nSPS) is 12.8. The molecule has 0 fully saturated rings. The predicted molar refractivity (Wildman–Crippen MR) is 49.7 cm³/mol. The fourth-order valence-electron chi connectivity index (χ4n) is 1.02. The fraction of sp³-hybridized carbons (Fsp3) is 0.444. The Morgan fingerprint density at radius 2 is 2.67 bits per heavy atom. The Kier molecular flexibility index (Phi) is 3.54. The Morgan fingerprint density at radius 3 is 3.17 bits per heavy atom. The third-order valence-electron chi connectivity index (χ3n) is 1.84. The van der Waals surface area contributed by atoms with Crippen LogP contribution in [0, 0.1) is 0 Å². The van der Waals surface area contributed by atoms with Crippen LogP contribution < -0.4 is 5.32 Å². The zero-order valence-corrected chi connectivity index (χ0v) is 7.38. The molecular weight excluding hydrogens is 150 g/mol. The van der Waals surface area contributed by atoms with Gasteiger partial charge in [0, 0.05) is 24.5 Å². The minimum atomic E-state index is 0.397. The first kappa shape index (κ1) is 9.00. The van der Waals surface area contributed by atoms with Crippen molar-refractivity contribution >= 4 is 0 Å². The summed E-state index contributed by atoms with van der Waals surface area (Å²) in [7, 11) is 0. The molecule has 0 saturated heterocycles. The van der Waals surface area contributed by atoms with E-state index in [9.17, 15) is 0 Å². The van der Waals surface area contributed by atoms with Crippen LogP contribution in [0.15, 0.2) is 24.9 Å². The van der Waals surface area contributed by atoms with Crippen LogP contribution in [0.4, 0.5) is 0 Å². The van der Waals surface area contributed by atoms with Crippen molar-refractivity contribution in [3.63, 3.8) is 0 Å². The smallest absolute Gasteiger partial charge is 0.0490 e. The first-order chi connectivity index (χ1) is 5.86. The van der Waals surface area contributed by atoms with Crippen molar-refractivity contribution in [2.24, 2.45) is 0 Å². The molecule has 66 valence electrons. The molecule has 0 spiro atoms. The summed E-state index contributed by atoms with van der Waals surface area (Å²) in [4.78, 5) is 0. The summed E-state index contributed by atoms with van der Waals surface area (Å²) in [6.07, 6.45) is 4.75. The van der Waals surface area contributed by atoms with Crippen LogP contribution in [0.3, 0.4) is 0 Å². The Hall–Kier alpha value is -1.09. The minimum absolute atomic E-state index is 0.397. The number of aromatic nitrogens is 2. The van der Waals surface area contributed by atoms with Gasteiger partial charge in [-0.15, -0.1) is 6.58 Å². The van der Waals surface area contributed by atoms with Gasteiger partial charge in [-0.05, 0) is 12.5 Å². The highest BCUT2D eigenvalue weighted by atomic mass is 15.1. The van der Waals surface area contributed by atoms with Crippen LogP contribution in [0.25, 0.3) is 0 Å². The quantitative estimate of drug-likeness (QED) is 0.648. The van der Waals surface area contributed by atoms with Crippen molar-refractivity contribution < 1.29 is 0 Å².